The van der Waals surface area contributed by atoms with Gasteiger partial charge in [0.15, 0.2) is 6.10 Å². The number of amides is 3. The summed E-state index contributed by atoms with van der Waals surface area (Å²) >= 11 is 5.83. The van der Waals surface area contributed by atoms with Gasteiger partial charge < -0.3 is 15.2 Å². The Morgan fingerprint density at radius 3 is 2.18 bits per heavy atom. The molecule has 0 aliphatic carbocycles. The van der Waals surface area contributed by atoms with Gasteiger partial charge in [0.2, 0.25) is 0 Å². The third-order valence-electron chi connectivity index (χ3n) is 3.75. The maximum Gasteiger partial charge on any atom is 0.338 e. The Labute approximate surface area is 167 Å². The first-order valence-corrected chi connectivity index (χ1v) is 8.92. The zero-order valence-electron chi connectivity index (χ0n) is 15.5. The van der Waals surface area contributed by atoms with Crippen LogP contribution in [0.3, 0.4) is 0 Å². The molecule has 2 aromatic rings. The Morgan fingerprint density at radius 1 is 1.04 bits per heavy atom. The molecule has 0 fully saturated rings. The van der Waals surface area contributed by atoms with Gasteiger partial charge in [-0.1, -0.05) is 37.6 Å². The number of benzene rings is 2. The molecule has 28 heavy (non-hydrogen) atoms. The van der Waals surface area contributed by atoms with Crippen molar-refractivity contribution >= 4 is 29.5 Å². The van der Waals surface area contributed by atoms with Crippen molar-refractivity contribution < 1.29 is 23.9 Å². The molecule has 0 aromatic heterocycles. The van der Waals surface area contributed by atoms with Crippen molar-refractivity contribution in [3.63, 3.8) is 0 Å². The molecule has 0 radical (unpaired) electrons. The summed E-state index contributed by atoms with van der Waals surface area (Å²) in [5.74, 6) is -1.10. The van der Waals surface area contributed by atoms with Crippen molar-refractivity contribution in [2.24, 2.45) is 11.7 Å². The maximum absolute atomic E-state index is 12.3. The number of rotatable bonds is 7. The highest BCUT2D eigenvalue weighted by Gasteiger charge is 2.27. The lowest BCUT2D eigenvalue weighted by atomic mass is 10.1. The van der Waals surface area contributed by atoms with Crippen LogP contribution in [0.5, 0.6) is 5.75 Å². The van der Waals surface area contributed by atoms with Gasteiger partial charge in [0.1, 0.15) is 12.4 Å². The summed E-state index contributed by atoms with van der Waals surface area (Å²) in [5.41, 5.74) is 6.05. The Bertz CT molecular complexity index is 835. The molecular formula is C20H21ClN2O5. The Kier molecular flexibility index (Phi) is 7.40. The molecule has 8 heteroatoms. The number of urea groups is 1. The van der Waals surface area contributed by atoms with Gasteiger partial charge in [-0.15, -0.1) is 0 Å². The zero-order chi connectivity index (χ0) is 20.7. The standard InChI is InChI=1S/C20H21ClN2O5/c1-12(2)17(18(24)23-20(22)26)28-19(25)14-5-3-13(4-6-14)11-27-16-9-7-15(21)8-10-16/h3-10,12,17H,11H2,1-2H3,(H3,22,23,24,26)/t17-/m1/s1. The lowest BCUT2D eigenvalue weighted by Crippen LogP contribution is -2.45. The second-order valence-corrected chi connectivity index (χ2v) is 6.80. The van der Waals surface area contributed by atoms with E-state index in [1.54, 1.807) is 62.4 Å². The molecule has 0 aliphatic heterocycles. The fourth-order valence-electron chi connectivity index (χ4n) is 2.30. The highest BCUT2D eigenvalue weighted by atomic mass is 35.5. The van der Waals surface area contributed by atoms with E-state index in [-0.39, 0.29) is 11.5 Å². The fraction of sp³-hybridized carbons (Fsp3) is 0.250. The lowest BCUT2D eigenvalue weighted by molar-refractivity contribution is -0.130. The Hall–Kier alpha value is -3.06. The molecule has 2 rings (SSSR count). The normalized spacial score (nSPS) is 11.6. The number of nitrogens with one attached hydrogen (secondary N) is 1. The number of halogens is 1. The topological polar surface area (TPSA) is 108 Å². The number of nitrogens with two attached hydrogens (primary N) is 1. The largest absolute Gasteiger partial charge is 0.489 e. The minimum atomic E-state index is -1.13. The summed E-state index contributed by atoms with van der Waals surface area (Å²) in [6.45, 7) is 3.69. The van der Waals surface area contributed by atoms with Gasteiger partial charge in [0.25, 0.3) is 5.91 Å². The molecular weight excluding hydrogens is 384 g/mol. The molecule has 3 N–H and O–H groups in total. The summed E-state index contributed by atoms with van der Waals surface area (Å²) in [4.78, 5) is 35.1. The molecule has 0 bridgehead atoms. The van der Waals surface area contributed by atoms with Crippen LogP contribution in [0.25, 0.3) is 0 Å². The van der Waals surface area contributed by atoms with Gasteiger partial charge in [-0.25, -0.2) is 9.59 Å². The van der Waals surface area contributed by atoms with Gasteiger partial charge in [0, 0.05) is 5.02 Å². The van der Waals surface area contributed by atoms with Crippen LogP contribution in [-0.2, 0) is 16.1 Å². The summed E-state index contributed by atoms with van der Waals surface area (Å²) in [6, 6.07) is 12.6. The van der Waals surface area contributed by atoms with Crippen molar-refractivity contribution in [3.8, 4) is 5.75 Å². The van der Waals surface area contributed by atoms with Crippen LogP contribution < -0.4 is 15.8 Å². The zero-order valence-corrected chi connectivity index (χ0v) is 16.2. The van der Waals surface area contributed by atoms with Crippen molar-refractivity contribution in [1.82, 2.24) is 5.32 Å². The highest BCUT2D eigenvalue weighted by Crippen LogP contribution is 2.17. The number of ether oxygens (including phenoxy) is 2. The van der Waals surface area contributed by atoms with E-state index in [2.05, 4.69) is 0 Å². The first kappa shape index (κ1) is 21.2. The van der Waals surface area contributed by atoms with Crippen molar-refractivity contribution in [2.75, 3.05) is 0 Å². The molecule has 2 aromatic carbocycles. The third-order valence-corrected chi connectivity index (χ3v) is 4.01. The van der Waals surface area contributed by atoms with E-state index >= 15 is 0 Å². The van der Waals surface area contributed by atoms with Gasteiger partial charge in [-0.2, -0.15) is 0 Å². The number of hydrogen-bond donors (Lipinski definition) is 2. The Morgan fingerprint density at radius 2 is 1.64 bits per heavy atom. The fourth-order valence-corrected chi connectivity index (χ4v) is 2.43. The van der Waals surface area contributed by atoms with Crippen LogP contribution >= 0.6 is 11.6 Å². The van der Waals surface area contributed by atoms with Crippen LogP contribution in [0.1, 0.15) is 29.8 Å². The molecule has 0 saturated carbocycles. The van der Waals surface area contributed by atoms with E-state index in [9.17, 15) is 14.4 Å². The summed E-state index contributed by atoms with van der Waals surface area (Å²) < 4.78 is 10.9. The average Bonchev–Trinajstić information content (AvgIpc) is 2.65. The molecule has 0 unspecified atom stereocenters. The van der Waals surface area contributed by atoms with E-state index in [4.69, 9.17) is 26.8 Å². The average molecular weight is 405 g/mol. The summed E-state index contributed by atoms with van der Waals surface area (Å²) in [6.07, 6.45) is -1.13. The van der Waals surface area contributed by atoms with Crippen molar-refractivity contribution in [1.29, 1.82) is 0 Å². The summed E-state index contributed by atoms with van der Waals surface area (Å²) in [5, 5.41) is 2.55. The molecule has 7 nitrogen and oxygen atoms in total. The predicted molar refractivity (Wildman–Crippen MR) is 104 cm³/mol. The van der Waals surface area contributed by atoms with Gasteiger partial charge >= 0.3 is 12.0 Å². The molecule has 0 spiro atoms. The second-order valence-electron chi connectivity index (χ2n) is 6.36. The third kappa shape index (κ3) is 6.28. The number of esters is 1. The van der Waals surface area contributed by atoms with Crippen molar-refractivity contribution in [3.05, 3.63) is 64.7 Å². The monoisotopic (exact) mass is 404 g/mol. The van der Waals surface area contributed by atoms with Crippen LogP contribution in [0.2, 0.25) is 5.02 Å². The van der Waals surface area contributed by atoms with E-state index in [0.29, 0.717) is 17.4 Å². The number of hydrogen-bond acceptors (Lipinski definition) is 5. The van der Waals surface area contributed by atoms with E-state index in [1.807, 2.05) is 5.32 Å². The van der Waals surface area contributed by atoms with Crippen LogP contribution in [0.4, 0.5) is 4.79 Å². The van der Waals surface area contributed by atoms with Crippen LogP contribution in [0.15, 0.2) is 48.5 Å². The van der Waals surface area contributed by atoms with E-state index < -0.39 is 24.0 Å². The first-order valence-electron chi connectivity index (χ1n) is 8.55. The molecule has 0 saturated heterocycles. The molecule has 0 aliphatic rings. The van der Waals surface area contributed by atoms with Gasteiger partial charge in [0.05, 0.1) is 5.56 Å². The molecule has 1 atom stereocenters. The SMILES string of the molecule is CC(C)[C@@H](OC(=O)c1ccc(COc2ccc(Cl)cc2)cc1)C(=O)NC(N)=O. The molecule has 0 heterocycles. The van der Waals surface area contributed by atoms with Crippen LogP contribution in [-0.4, -0.2) is 24.0 Å². The Balaban J connectivity index is 1.97. The van der Waals surface area contributed by atoms with Crippen LogP contribution in [0, 0.1) is 5.92 Å². The minimum Gasteiger partial charge on any atom is -0.489 e. The second kappa shape index (κ2) is 9.75. The summed E-state index contributed by atoms with van der Waals surface area (Å²) in [7, 11) is 0. The number of imide groups is 1. The minimum absolute atomic E-state index is 0.271. The van der Waals surface area contributed by atoms with E-state index in [0.717, 1.165) is 5.56 Å². The van der Waals surface area contributed by atoms with E-state index in [1.165, 1.54) is 0 Å². The van der Waals surface area contributed by atoms with Gasteiger partial charge in [-0.3, -0.25) is 10.1 Å². The first-order chi connectivity index (χ1) is 13.3. The number of carbonyl (C=O) groups is 3. The molecule has 148 valence electrons. The quantitative estimate of drug-likeness (QED) is 0.688. The highest BCUT2D eigenvalue weighted by molar-refractivity contribution is 6.30. The smallest absolute Gasteiger partial charge is 0.338 e. The number of carbonyl (C=O) groups excluding carboxylic acids is 3. The van der Waals surface area contributed by atoms with Crippen molar-refractivity contribution in [2.45, 2.75) is 26.6 Å². The lowest BCUT2D eigenvalue weighted by Gasteiger charge is -2.19. The predicted octanol–water partition coefficient (Wildman–Crippen LogP) is 3.30. The maximum atomic E-state index is 12.3. The van der Waals surface area contributed by atoms with Gasteiger partial charge in [-0.05, 0) is 47.9 Å². The molecule has 3 amide bonds. The number of primary amides is 1.